The molecule has 2 unspecified atom stereocenters. The van der Waals surface area contributed by atoms with Crippen LogP contribution in [0.3, 0.4) is 0 Å². The maximum absolute atomic E-state index is 13.4. The van der Waals surface area contributed by atoms with Crippen LogP contribution in [0.15, 0.2) is 39.3 Å². The maximum Gasteiger partial charge on any atom is 0.251 e. The van der Waals surface area contributed by atoms with Crippen LogP contribution < -0.4 is 26.3 Å². The number of ether oxygens (including phenoxy) is 2. The van der Waals surface area contributed by atoms with Gasteiger partial charge in [0, 0.05) is 64.1 Å². The fourth-order valence-electron chi connectivity index (χ4n) is 5.31. The highest BCUT2D eigenvalue weighted by Crippen LogP contribution is 2.48. The van der Waals surface area contributed by atoms with Crippen LogP contribution in [-0.2, 0) is 4.79 Å². The molecule has 2 aliphatic carbocycles. The van der Waals surface area contributed by atoms with Crippen LogP contribution in [0.1, 0.15) is 118 Å². The number of anilines is 1. The van der Waals surface area contributed by atoms with Gasteiger partial charge < -0.3 is 26.3 Å². The number of rotatable bonds is 10. The lowest BCUT2D eigenvalue weighted by Crippen LogP contribution is -2.30. The second-order valence-electron chi connectivity index (χ2n) is 10.9. The van der Waals surface area contributed by atoms with Crippen LogP contribution in [0.4, 0.5) is 5.69 Å². The summed E-state index contributed by atoms with van der Waals surface area (Å²) in [5.74, 6) is 1.79. The number of allylic oxidation sites excluding steroid dienone is 4. The number of nitrogen functional groups attached to an aromatic ring is 1. The molecule has 2 aromatic rings. The number of carbonyl (C=O) groups excluding carboxylic acids is 2. The number of nitrogens with one attached hydrogen (secondary N) is 1. The molecule has 0 bridgehead atoms. The van der Waals surface area contributed by atoms with E-state index < -0.39 is 0 Å². The molecule has 1 aromatic carbocycles. The zero-order chi connectivity index (χ0) is 35.1. The summed E-state index contributed by atoms with van der Waals surface area (Å²) in [7, 11) is 1.54. The highest BCUT2D eigenvalue weighted by molar-refractivity contribution is 6.44. The molecule has 0 spiro atoms. The average molecular weight is 689 g/mol. The lowest BCUT2D eigenvalue weighted by atomic mass is 9.92. The topological polar surface area (TPSA) is 142 Å². The lowest BCUT2D eigenvalue weighted by molar-refractivity contribution is -0.106. The van der Waals surface area contributed by atoms with E-state index in [1.165, 1.54) is 0 Å². The number of carbonyl (C=O) groups is 2. The first-order valence-electron chi connectivity index (χ1n) is 16.6. The van der Waals surface area contributed by atoms with Crippen molar-refractivity contribution in [3.8, 4) is 11.5 Å². The average Bonchev–Trinajstić information content (AvgIpc) is 3.86. The molecule has 11 heteroatoms. The number of aromatic nitrogens is 1. The van der Waals surface area contributed by atoms with Crippen molar-refractivity contribution < 1.29 is 19.1 Å². The van der Waals surface area contributed by atoms with Gasteiger partial charge in [0.1, 0.15) is 17.2 Å². The third-order valence-electron chi connectivity index (χ3n) is 7.76. The molecule has 3 aliphatic rings. The minimum absolute atomic E-state index is 0.0597. The summed E-state index contributed by atoms with van der Waals surface area (Å²) in [5, 5.41) is 4.34. The summed E-state index contributed by atoms with van der Waals surface area (Å²) in [4.78, 5) is 31.5. The Bertz CT molecular complexity index is 1450. The number of primary amides is 1. The standard InChI is InChI=1S/C31H36Cl2N4O3.2C2H6.CH3NO/c1-4-10-35-14-20-11-19(12-26(39-3)28(20)34)31(38)36-15-23(18-8-9-18)25-13-22-17(2)16-40-30(22)29(37-25)21-6-5-7-24(32)27(21)33;2*1-2;2-1-3/h6,11-14,17-18,23H,4-5,7-10,15-16,34H2,1-3H3,(H,36,38);2*1-2H3;1H,(H2,2,3). The Morgan fingerprint density at radius 3 is 2.51 bits per heavy atom. The Balaban J connectivity index is 0.00000102. The summed E-state index contributed by atoms with van der Waals surface area (Å²) in [6.45, 7) is 14.0. The number of hydrogen-bond donors (Lipinski definition) is 3. The Morgan fingerprint density at radius 2 is 1.89 bits per heavy atom. The Kier molecular flexibility index (Phi) is 16.8. The van der Waals surface area contributed by atoms with Crippen molar-refractivity contribution in [1.82, 2.24) is 10.3 Å². The fourth-order valence-corrected chi connectivity index (χ4v) is 5.79. The van der Waals surface area contributed by atoms with Crippen LogP contribution >= 0.6 is 23.2 Å². The van der Waals surface area contributed by atoms with Gasteiger partial charge in [-0.1, -0.05) is 70.8 Å². The van der Waals surface area contributed by atoms with E-state index in [-0.39, 0.29) is 24.2 Å². The van der Waals surface area contributed by atoms with E-state index in [1.54, 1.807) is 25.5 Å². The van der Waals surface area contributed by atoms with Crippen LogP contribution in [0.2, 0.25) is 0 Å². The molecule has 0 saturated heterocycles. The van der Waals surface area contributed by atoms with Gasteiger partial charge in [0.05, 0.1) is 24.4 Å². The Hall–Kier alpha value is -3.56. The largest absolute Gasteiger partial charge is 0.495 e. The number of pyridine rings is 1. The number of amides is 2. The van der Waals surface area contributed by atoms with Gasteiger partial charge in [-0.3, -0.25) is 14.6 Å². The molecule has 9 nitrogen and oxygen atoms in total. The molecular formula is C36H51Cl2N5O4. The van der Waals surface area contributed by atoms with Crippen LogP contribution in [0.25, 0.3) is 5.57 Å². The highest BCUT2D eigenvalue weighted by Gasteiger charge is 2.36. The summed E-state index contributed by atoms with van der Waals surface area (Å²) in [5.41, 5.74) is 15.7. The monoisotopic (exact) mass is 687 g/mol. The van der Waals surface area contributed by atoms with Gasteiger partial charge in [0.2, 0.25) is 6.41 Å². The van der Waals surface area contributed by atoms with E-state index in [2.05, 4.69) is 42.0 Å². The van der Waals surface area contributed by atoms with Crippen molar-refractivity contribution in [2.45, 2.75) is 85.5 Å². The smallest absolute Gasteiger partial charge is 0.251 e. The van der Waals surface area contributed by atoms with Crippen molar-refractivity contribution in [2.75, 3.05) is 32.5 Å². The maximum atomic E-state index is 13.4. The molecule has 1 aliphatic heterocycles. The van der Waals surface area contributed by atoms with Gasteiger partial charge in [-0.05, 0) is 56.2 Å². The summed E-state index contributed by atoms with van der Waals surface area (Å²) < 4.78 is 11.5. The van der Waals surface area contributed by atoms with E-state index >= 15 is 0 Å². The molecule has 2 amide bonds. The van der Waals surface area contributed by atoms with E-state index in [0.717, 1.165) is 60.4 Å². The molecule has 1 saturated carbocycles. The van der Waals surface area contributed by atoms with Crippen molar-refractivity contribution in [3.63, 3.8) is 0 Å². The fraction of sp³-hybridized carbons (Fsp3) is 0.500. The summed E-state index contributed by atoms with van der Waals surface area (Å²) in [6, 6.07) is 5.59. The molecule has 2 atom stereocenters. The lowest BCUT2D eigenvalue weighted by Gasteiger charge is -2.21. The van der Waals surface area contributed by atoms with E-state index in [1.807, 2.05) is 27.7 Å². The number of aliphatic imine (C=N–C) groups is 1. The second-order valence-corrected chi connectivity index (χ2v) is 11.7. The van der Waals surface area contributed by atoms with Crippen molar-refractivity contribution in [1.29, 1.82) is 0 Å². The number of nitrogens with two attached hydrogens (primary N) is 2. The minimum atomic E-state index is -0.195. The predicted molar refractivity (Wildman–Crippen MR) is 195 cm³/mol. The molecule has 5 rings (SSSR count). The number of fused-ring (bicyclic) bond motifs is 1. The molecule has 258 valence electrons. The quantitative estimate of drug-likeness (QED) is 0.131. The van der Waals surface area contributed by atoms with Gasteiger partial charge in [-0.15, -0.1) is 0 Å². The number of halogens is 2. The first-order chi connectivity index (χ1) is 22.7. The predicted octanol–water partition coefficient (Wildman–Crippen LogP) is 7.94. The molecular weight excluding hydrogens is 637 g/mol. The summed E-state index contributed by atoms with van der Waals surface area (Å²) >= 11 is 13.1. The van der Waals surface area contributed by atoms with Gasteiger partial charge in [-0.25, -0.2) is 4.98 Å². The van der Waals surface area contributed by atoms with Crippen LogP contribution in [0, 0.1) is 5.92 Å². The number of nitrogens with zero attached hydrogens (tertiary/aromatic N) is 2. The zero-order valence-corrected chi connectivity index (χ0v) is 30.3. The number of hydrogen-bond acceptors (Lipinski definition) is 7. The SMILES string of the molecule is CC.CC.CCCN=Cc1cc(C(=O)NCC(c2cc3c(c(C4=CCCC(Cl)=C4Cl)n2)OCC3C)C2CC2)cc(OC)c1N.NC=O. The first kappa shape index (κ1) is 39.6. The van der Waals surface area contributed by atoms with Gasteiger partial charge in [0.15, 0.2) is 0 Å². The highest BCUT2D eigenvalue weighted by atomic mass is 35.5. The minimum Gasteiger partial charge on any atom is -0.495 e. The Labute approximate surface area is 290 Å². The normalized spacial score (nSPS) is 17.0. The number of methoxy groups -OCH3 is 1. The third-order valence-corrected chi connectivity index (χ3v) is 8.67. The van der Waals surface area contributed by atoms with Crippen molar-refractivity contribution in [2.24, 2.45) is 16.6 Å². The molecule has 1 aromatic heterocycles. The second kappa shape index (κ2) is 20.0. The van der Waals surface area contributed by atoms with Gasteiger partial charge in [-0.2, -0.15) is 0 Å². The third kappa shape index (κ3) is 10.2. The Morgan fingerprint density at radius 1 is 1.21 bits per heavy atom. The first-order valence-corrected chi connectivity index (χ1v) is 17.3. The van der Waals surface area contributed by atoms with E-state index in [9.17, 15) is 4.79 Å². The number of benzene rings is 1. The molecule has 0 radical (unpaired) electrons. The molecule has 47 heavy (non-hydrogen) atoms. The van der Waals surface area contributed by atoms with Crippen molar-refractivity contribution >= 4 is 53.0 Å². The van der Waals surface area contributed by atoms with Gasteiger partial charge >= 0.3 is 0 Å². The molecule has 1 fully saturated rings. The van der Waals surface area contributed by atoms with Crippen LogP contribution in [-0.4, -0.2) is 50.3 Å². The zero-order valence-electron chi connectivity index (χ0n) is 28.8. The summed E-state index contributed by atoms with van der Waals surface area (Å²) in [6.07, 6.45) is 8.70. The van der Waals surface area contributed by atoms with Gasteiger partial charge in [0.25, 0.3) is 5.91 Å². The molecule has 5 N–H and O–H groups in total. The van der Waals surface area contributed by atoms with Crippen LogP contribution in [0.5, 0.6) is 11.5 Å². The van der Waals surface area contributed by atoms with E-state index in [4.69, 9.17) is 48.2 Å². The van der Waals surface area contributed by atoms with E-state index in [0.29, 0.717) is 58.2 Å². The van der Waals surface area contributed by atoms with Crippen molar-refractivity contribution in [3.05, 3.63) is 62.4 Å². The molecule has 2 heterocycles.